The molecule has 1 aromatic carbocycles. The minimum Gasteiger partial charge on any atom is -0.370 e. The number of anilines is 1. The Kier molecular flexibility index (Phi) is 3.87. The number of imidazole rings is 1. The highest BCUT2D eigenvalue weighted by atomic mass is 32.2. The lowest BCUT2D eigenvalue weighted by molar-refractivity contribution is 1.07. The van der Waals surface area contributed by atoms with Gasteiger partial charge in [0.2, 0.25) is 0 Å². The quantitative estimate of drug-likeness (QED) is 0.702. The van der Waals surface area contributed by atoms with Crippen LogP contribution in [0.2, 0.25) is 0 Å². The summed E-state index contributed by atoms with van der Waals surface area (Å²) in [5.74, 6) is 1.80. The van der Waals surface area contributed by atoms with Crippen molar-refractivity contribution < 1.29 is 0 Å². The third-order valence-electron chi connectivity index (χ3n) is 2.97. The van der Waals surface area contributed by atoms with Crippen LogP contribution in [0.4, 0.5) is 5.82 Å². The number of pyridine rings is 1. The molecule has 102 valence electrons. The Morgan fingerprint density at radius 3 is 2.95 bits per heavy atom. The fraction of sp³-hybridized carbons (Fsp3) is 0.200. The Morgan fingerprint density at radius 2 is 2.10 bits per heavy atom. The largest absolute Gasteiger partial charge is 0.370 e. The summed E-state index contributed by atoms with van der Waals surface area (Å²) in [6.45, 7) is 2.95. The van der Waals surface area contributed by atoms with E-state index in [0.717, 1.165) is 34.3 Å². The summed E-state index contributed by atoms with van der Waals surface area (Å²) in [5, 5.41) is 4.23. The van der Waals surface area contributed by atoms with E-state index in [1.165, 1.54) is 5.56 Å². The monoisotopic (exact) mass is 284 g/mol. The molecule has 2 N–H and O–H groups in total. The van der Waals surface area contributed by atoms with Gasteiger partial charge in [-0.15, -0.1) is 0 Å². The van der Waals surface area contributed by atoms with E-state index in [4.69, 9.17) is 0 Å². The predicted molar refractivity (Wildman–Crippen MR) is 84.1 cm³/mol. The Balaban J connectivity index is 1.76. The second kappa shape index (κ2) is 5.96. The van der Waals surface area contributed by atoms with Crippen molar-refractivity contribution in [1.82, 2.24) is 15.0 Å². The SMILES string of the molecule is CCNc1ncccc1CSc1nc2ccccc2[nH]1. The number of para-hydroxylation sites is 2. The van der Waals surface area contributed by atoms with Crippen molar-refractivity contribution in [3.63, 3.8) is 0 Å². The molecule has 3 aromatic rings. The van der Waals surface area contributed by atoms with Gasteiger partial charge in [0.05, 0.1) is 11.0 Å². The second-order valence-corrected chi connectivity index (χ2v) is 5.35. The van der Waals surface area contributed by atoms with Crippen molar-refractivity contribution in [2.45, 2.75) is 17.8 Å². The average Bonchev–Trinajstić information content (AvgIpc) is 2.89. The van der Waals surface area contributed by atoms with Gasteiger partial charge >= 0.3 is 0 Å². The number of nitrogens with zero attached hydrogens (tertiary/aromatic N) is 2. The lowest BCUT2D eigenvalue weighted by atomic mass is 10.3. The summed E-state index contributed by atoms with van der Waals surface area (Å²) in [4.78, 5) is 12.3. The lowest BCUT2D eigenvalue weighted by Crippen LogP contribution is -2.02. The molecule has 0 saturated heterocycles. The number of aromatic nitrogens is 3. The van der Waals surface area contributed by atoms with Crippen LogP contribution < -0.4 is 5.32 Å². The molecule has 0 unspecified atom stereocenters. The standard InChI is InChI=1S/C15H16N4S/c1-2-16-14-11(6-5-9-17-14)10-20-15-18-12-7-3-4-8-13(12)19-15/h3-9H,2,10H2,1H3,(H,16,17)(H,18,19). The van der Waals surface area contributed by atoms with Gasteiger partial charge < -0.3 is 10.3 Å². The molecule has 0 aliphatic rings. The Labute approximate surface area is 122 Å². The second-order valence-electron chi connectivity index (χ2n) is 4.39. The summed E-state index contributed by atoms with van der Waals surface area (Å²) in [7, 11) is 0. The summed E-state index contributed by atoms with van der Waals surface area (Å²) >= 11 is 1.69. The third kappa shape index (κ3) is 2.77. The maximum Gasteiger partial charge on any atom is 0.166 e. The fourth-order valence-corrected chi connectivity index (χ4v) is 2.90. The van der Waals surface area contributed by atoms with Gasteiger partial charge in [0.1, 0.15) is 5.82 Å². The molecular weight excluding hydrogens is 268 g/mol. The fourth-order valence-electron chi connectivity index (χ4n) is 2.03. The molecule has 0 fully saturated rings. The van der Waals surface area contributed by atoms with Crippen LogP contribution in [0.5, 0.6) is 0 Å². The zero-order valence-electron chi connectivity index (χ0n) is 11.3. The molecule has 0 bridgehead atoms. The molecule has 20 heavy (non-hydrogen) atoms. The number of rotatable bonds is 5. The number of nitrogens with one attached hydrogen (secondary N) is 2. The van der Waals surface area contributed by atoms with E-state index in [1.54, 1.807) is 11.8 Å². The van der Waals surface area contributed by atoms with E-state index in [9.17, 15) is 0 Å². The number of hydrogen-bond donors (Lipinski definition) is 2. The maximum atomic E-state index is 4.57. The van der Waals surface area contributed by atoms with E-state index in [1.807, 2.05) is 36.5 Å². The molecule has 0 saturated carbocycles. The van der Waals surface area contributed by atoms with Crippen LogP contribution in [-0.4, -0.2) is 21.5 Å². The summed E-state index contributed by atoms with van der Waals surface area (Å²) in [5.41, 5.74) is 3.28. The highest BCUT2D eigenvalue weighted by Crippen LogP contribution is 2.25. The Bertz CT molecular complexity index is 675. The van der Waals surface area contributed by atoms with E-state index in [0.29, 0.717) is 0 Å². The molecule has 0 radical (unpaired) electrons. The molecule has 2 aromatic heterocycles. The van der Waals surface area contributed by atoms with Crippen molar-refractivity contribution >= 4 is 28.6 Å². The highest BCUT2D eigenvalue weighted by Gasteiger charge is 2.06. The zero-order valence-corrected chi connectivity index (χ0v) is 12.1. The number of benzene rings is 1. The van der Waals surface area contributed by atoms with Crippen LogP contribution in [0.15, 0.2) is 47.8 Å². The van der Waals surface area contributed by atoms with Crippen LogP contribution in [-0.2, 0) is 5.75 Å². The van der Waals surface area contributed by atoms with Crippen molar-refractivity contribution in [3.05, 3.63) is 48.2 Å². The summed E-state index contributed by atoms with van der Waals surface area (Å²) in [6, 6.07) is 12.1. The number of aromatic amines is 1. The maximum absolute atomic E-state index is 4.57. The van der Waals surface area contributed by atoms with Gasteiger partial charge in [0.25, 0.3) is 0 Å². The molecule has 2 heterocycles. The normalized spacial score (nSPS) is 10.8. The topological polar surface area (TPSA) is 53.6 Å². The van der Waals surface area contributed by atoms with Crippen LogP contribution in [0.1, 0.15) is 12.5 Å². The number of H-pyrrole nitrogens is 1. The van der Waals surface area contributed by atoms with Gasteiger partial charge in [-0.2, -0.15) is 0 Å². The molecule has 3 rings (SSSR count). The first-order chi connectivity index (χ1) is 9.86. The Hall–Kier alpha value is -2.01. The first kappa shape index (κ1) is 13.0. The first-order valence-corrected chi connectivity index (χ1v) is 7.60. The molecular formula is C15H16N4S. The molecule has 0 spiro atoms. The van der Waals surface area contributed by atoms with Gasteiger partial charge in [-0.1, -0.05) is 30.0 Å². The van der Waals surface area contributed by atoms with E-state index < -0.39 is 0 Å². The number of fused-ring (bicyclic) bond motifs is 1. The van der Waals surface area contributed by atoms with Crippen molar-refractivity contribution in [2.75, 3.05) is 11.9 Å². The summed E-state index contributed by atoms with van der Waals surface area (Å²) in [6.07, 6.45) is 1.81. The van der Waals surface area contributed by atoms with Crippen molar-refractivity contribution in [1.29, 1.82) is 0 Å². The smallest absolute Gasteiger partial charge is 0.166 e. The minimum atomic E-state index is 0.843. The van der Waals surface area contributed by atoms with E-state index in [2.05, 4.69) is 33.3 Å². The van der Waals surface area contributed by atoms with Crippen LogP contribution in [0, 0.1) is 0 Å². The average molecular weight is 284 g/mol. The van der Waals surface area contributed by atoms with Gasteiger partial charge in [-0.3, -0.25) is 0 Å². The lowest BCUT2D eigenvalue weighted by Gasteiger charge is -2.07. The molecule has 4 nitrogen and oxygen atoms in total. The molecule has 0 amide bonds. The first-order valence-electron chi connectivity index (χ1n) is 6.62. The molecule has 0 aliphatic carbocycles. The summed E-state index contributed by atoms with van der Waals surface area (Å²) < 4.78 is 0. The van der Waals surface area contributed by atoms with Gasteiger partial charge in [0.15, 0.2) is 5.16 Å². The number of hydrogen-bond acceptors (Lipinski definition) is 4. The van der Waals surface area contributed by atoms with Gasteiger partial charge in [0, 0.05) is 24.1 Å². The molecule has 5 heteroatoms. The van der Waals surface area contributed by atoms with Crippen LogP contribution in [0.25, 0.3) is 11.0 Å². The predicted octanol–water partition coefficient (Wildman–Crippen LogP) is 3.68. The zero-order chi connectivity index (χ0) is 13.8. The molecule has 0 aliphatic heterocycles. The van der Waals surface area contributed by atoms with Crippen molar-refractivity contribution in [3.8, 4) is 0 Å². The van der Waals surface area contributed by atoms with Crippen LogP contribution in [0.3, 0.4) is 0 Å². The minimum absolute atomic E-state index is 0.843. The van der Waals surface area contributed by atoms with Crippen molar-refractivity contribution in [2.24, 2.45) is 0 Å². The number of thioether (sulfide) groups is 1. The van der Waals surface area contributed by atoms with Crippen LogP contribution >= 0.6 is 11.8 Å². The van der Waals surface area contributed by atoms with Gasteiger partial charge in [-0.25, -0.2) is 9.97 Å². The third-order valence-corrected chi connectivity index (χ3v) is 3.89. The van der Waals surface area contributed by atoms with E-state index in [-0.39, 0.29) is 0 Å². The highest BCUT2D eigenvalue weighted by molar-refractivity contribution is 7.98. The van der Waals surface area contributed by atoms with Gasteiger partial charge in [-0.05, 0) is 25.1 Å². The molecule has 0 atom stereocenters. The Morgan fingerprint density at radius 1 is 1.20 bits per heavy atom. The van der Waals surface area contributed by atoms with E-state index >= 15 is 0 Å².